The smallest absolute Gasteiger partial charge is 0.307 e. The Morgan fingerprint density at radius 1 is 0.565 bits per heavy atom. The number of Topliss-reactive ketones (excluding diaryl/α,β-unsaturated/α-hetero) is 1. The third-order valence-corrected chi connectivity index (χ3v) is 17.7. The number of thiocarbonyl (C=S) groups is 1. The van der Waals surface area contributed by atoms with Crippen LogP contribution in [-0.4, -0.2) is 125 Å². The number of hydrogen-bond donors (Lipinski definition) is 7. The molecule has 0 amide bonds. The van der Waals surface area contributed by atoms with E-state index in [4.69, 9.17) is 44.8 Å². The van der Waals surface area contributed by atoms with E-state index < -0.39 is 4.92 Å². The van der Waals surface area contributed by atoms with Gasteiger partial charge < -0.3 is 57.2 Å². The van der Waals surface area contributed by atoms with Gasteiger partial charge in [-0.15, -0.1) is 20.4 Å². The lowest BCUT2D eigenvalue weighted by atomic mass is 10.1. The van der Waals surface area contributed by atoms with Crippen molar-refractivity contribution in [2.45, 2.75) is 183 Å². The maximum Gasteiger partial charge on any atom is 0.307 e. The quantitative estimate of drug-likeness (QED) is 0.0125. The van der Waals surface area contributed by atoms with Crippen molar-refractivity contribution in [2.24, 2.45) is 5.73 Å². The van der Waals surface area contributed by atoms with Crippen LogP contribution in [0.2, 0.25) is 5.02 Å². The van der Waals surface area contributed by atoms with Crippen LogP contribution in [0.4, 0.5) is 51.2 Å². The van der Waals surface area contributed by atoms with Crippen LogP contribution in [-0.2, 0) is 59.1 Å². The van der Waals surface area contributed by atoms with Gasteiger partial charge in [0.25, 0.3) is 5.69 Å². The summed E-state index contributed by atoms with van der Waals surface area (Å²) in [6.07, 6.45) is 5.71. The third-order valence-electron chi connectivity index (χ3n) is 17.1. The number of hydrogen-bond acceptors (Lipinski definition) is 22. The summed E-state index contributed by atoms with van der Waals surface area (Å²) in [5, 5.41) is 45.0. The van der Waals surface area contributed by atoms with Gasteiger partial charge >= 0.3 is 17.9 Å². The number of nitrogens with one attached hydrogen (secondary N) is 5. The van der Waals surface area contributed by atoms with Crippen molar-refractivity contribution < 1.29 is 38.3 Å². The zero-order valence-corrected chi connectivity index (χ0v) is 65.5. The highest BCUT2D eigenvalue weighted by Gasteiger charge is 2.29. The second kappa shape index (κ2) is 42.5. The van der Waals surface area contributed by atoms with Crippen LogP contribution >= 0.6 is 23.8 Å². The number of ketones is 1. The molecule has 0 bridgehead atoms. The van der Waals surface area contributed by atoms with Crippen molar-refractivity contribution in [3.05, 3.63) is 219 Å². The number of benzene rings is 7. The number of anilines is 8. The molecule has 13 rings (SSSR count). The van der Waals surface area contributed by atoms with Gasteiger partial charge in [-0.25, -0.2) is 0 Å². The number of ether oxygens (including phenoxy) is 3. The van der Waals surface area contributed by atoms with Gasteiger partial charge in [0.2, 0.25) is 0 Å². The first kappa shape index (κ1) is 84.5. The lowest BCUT2D eigenvalue weighted by Crippen LogP contribution is -2.29. The summed E-state index contributed by atoms with van der Waals surface area (Å²) in [7, 11) is 0. The number of aryl methyl sites for hydroxylation is 2. The van der Waals surface area contributed by atoms with E-state index in [0.29, 0.717) is 74.7 Å². The molecular weight excluding hydrogens is 1410 g/mol. The summed E-state index contributed by atoms with van der Waals surface area (Å²) in [5.74, 6) is 3.47. The fourth-order valence-corrected chi connectivity index (χ4v) is 13.0. The molecule has 0 spiro atoms. The van der Waals surface area contributed by atoms with Crippen molar-refractivity contribution in [3.63, 3.8) is 0 Å². The maximum absolute atomic E-state index is 11.4. The van der Waals surface area contributed by atoms with Crippen LogP contribution in [0.1, 0.15) is 136 Å². The molecule has 26 heteroatoms. The molecule has 2 aromatic heterocycles. The molecule has 0 aliphatic carbocycles. The fraction of sp³-hybridized carbons (Fsp3) is 0.378. The fourth-order valence-electron chi connectivity index (χ4n) is 12.5. The molecule has 24 nitrogen and oxygen atoms in total. The topological polar surface area (TPSA) is 316 Å². The van der Waals surface area contributed by atoms with Crippen LogP contribution in [0.15, 0.2) is 170 Å². The van der Waals surface area contributed by atoms with Crippen molar-refractivity contribution in [2.75, 3.05) is 57.0 Å². The number of rotatable bonds is 15. The Balaban J connectivity index is 0.000000178. The Hall–Kier alpha value is -10.8. The molecule has 9 N–H and O–H groups in total. The second-order valence-corrected chi connectivity index (χ2v) is 27.9. The van der Waals surface area contributed by atoms with Crippen LogP contribution < -0.4 is 43.0 Å². The van der Waals surface area contributed by atoms with E-state index in [0.717, 1.165) is 104 Å². The molecule has 7 aromatic carbocycles. The highest BCUT2D eigenvalue weighted by Crippen LogP contribution is 2.38. The normalized spacial score (nSPS) is 16.2. The van der Waals surface area contributed by atoms with Crippen molar-refractivity contribution in [1.82, 2.24) is 29.5 Å². The number of halogens is 1. The summed E-state index contributed by atoms with van der Waals surface area (Å²) in [6.45, 7) is 24.5. The average molecular weight is 1510 g/mol. The van der Waals surface area contributed by atoms with Crippen LogP contribution in [0.5, 0.6) is 0 Å². The molecule has 0 saturated heterocycles. The Morgan fingerprint density at radius 2 is 1.00 bits per heavy atom. The minimum Gasteiger partial charge on any atom is -0.466 e. The Labute approximate surface area is 644 Å². The van der Waals surface area contributed by atoms with Gasteiger partial charge in [-0.2, -0.15) is 0 Å². The molecular formula is C82H104ClN15O9S. The third kappa shape index (κ3) is 26.0. The number of nitrogen functional groups attached to an aromatic ring is 1. The zero-order valence-electron chi connectivity index (χ0n) is 63.9. The lowest BCUT2D eigenvalue weighted by Gasteiger charge is -2.30. The summed E-state index contributed by atoms with van der Waals surface area (Å²) >= 11 is 11.4. The zero-order chi connectivity index (χ0) is 78.4. The number of nitrogens with zero attached hydrogens (tertiary/aromatic N) is 8. The van der Waals surface area contributed by atoms with Crippen LogP contribution in [0.25, 0.3) is 11.4 Å². The van der Waals surface area contributed by atoms with Gasteiger partial charge in [-0.1, -0.05) is 109 Å². The SMILES string of the molecule is CC1CC(=O)Cc2ccccc2N1.CC1CC(=S)Cc2ccccc2N1.CCOC(=O)CC(C)N.CCOC(=O)CC(C)Nc1ccccc1N.CCOC(=O)CC(C)Nc1ccccc1[N+](=O)[O-].Cc1nnc2n1-c1ccccc1N(c1ccc(Cl)cc1)C(C)C2.Cc1nnc2n1-c1ccccc1NC(C)C2. The number of nitro groups is 1. The molecule has 7 unspecified atom stereocenters. The highest BCUT2D eigenvalue weighted by molar-refractivity contribution is 7.80. The Kier molecular flexibility index (Phi) is 33.3. The van der Waals surface area contributed by atoms with E-state index in [1.54, 1.807) is 52.8 Å². The molecule has 4 aliphatic rings. The van der Waals surface area contributed by atoms with Crippen molar-refractivity contribution >= 4 is 104 Å². The monoisotopic (exact) mass is 1510 g/mol. The average Bonchev–Trinajstić information content (AvgIpc) is 1.61. The van der Waals surface area contributed by atoms with Gasteiger partial charge in [0.15, 0.2) is 0 Å². The molecule has 108 heavy (non-hydrogen) atoms. The van der Waals surface area contributed by atoms with Crippen LogP contribution in [0.3, 0.4) is 0 Å². The summed E-state index contributed by atoms with van der Waals surface area (Å²) in [4.78, 5) is 58.3. The number of carbonyl (C=O) groups excluding carboxylic acids is 4. The Morgan fingerprint density at radius 3 is 1.56 bits per heavy atom. The number of fused-ring (bicyclic) bond motifs is 8. The molecule has 0 fully saturated rings. The maximum atomic E-state index is 11.4. The predicted octanol–water partition coefficient (Wildman–Crippen LogP) is 15.7. The molecule has 574 valence electrons. The van der Waals surface area contributed by atoms with Gasteiger partial charge in [0.05, 0.1) is 78.1 Å². The summed E-state index contributed by atoms with van der Waals surface area (Å²) in [5.41, 5.74) is 23.5. The van der Waals surface area contributed by atoms with E-state index in [2.05, 4.69) is 159 Å². The van der Waals surface area contributed by atoms with Crippen molar-refractivity contribution in [1.29, 1.82) is 0 Å². The Bertz CT molecular complexity index is 4350. The molecule has 7 atom stereocenters. The standard InChI is InChI=1S/C18H17ClN4.C12H14N4.C12H16N2O4.C12H18N2O2.C11H13NO.C11H13NS.C6H13NO2/c1-12-11-18-21-20-13(2)23(18)17-6-4-3-5-16(17)22(12)15-9-7-14(19)8-10-15;1-8-7-12-15-14-9(2)16(12)11-6-4-3-5-10(11)13-8;1-3-18-12(15)8-9(2)13-10-6-4-5-7-11(10)14(16)17;1-3-16-12(15)8-9(2)14-11-7-5-4-6-10(11)13;2*1-8-6-10(13)7-9-4-2-3-5-11(9)12-8;1-3-9-6(8)4-5(2)7/h3-10,12H,11H2,1-2H3;3-6,8,13H,7H2,1-2H3;4-7,9,13H,3,8H2,1-2H3;4-7,9,14H,3,8,13H2,1-2H3;2*2-5,8,12H,6-7H2,1H3;5H,3-4,7H2,1-2H3. The van der Waals surface area contributed by atoms with Gasteiger partial charge in [0, 0.05) is 103 Å². The second-order valence-electron chi connectivity index (χ2n) is 26.9. The lowest BCUT2D eigenvalue weighted by molar-refractivity contribution is -0.384. The first-order valence-electron chi connectivity index (χ1n) is 36.6. The summed E-state index contributed by atoms with van der Waals surface area (Å²) < 4.78 is 18.6. The minimum absolute atomic E-state index is 0.00347. The number of aromatic nitrogens is 6. The van der Waals surface area contributed by atoms with Gasteiger partial charge in [-0.05, 0) is 184 Å². The van der Waals surface area contributed by atoms with E-state index in [-0.39, 0.29) is 60.2 Å². The largest absolute Gasteiger partial charge is 0.466 e. The first-order chi connectivity index (χ1) is 51.7. The summed E-state index contributed by atoms with van der Waals surface area (Å²) in [6, 6.07) is 55.9. The van der Waals surface area contributed by atoms with Gasteiger partial charge in [0.1, 0.15) is 34.8 Å². The molecule has 4 aliphatic heterocycles. The van der Waals surface area contributed by atoms with Crippen molar-refractivity contribution in [3.8, 4) is 11.4 Å². The van der Waals surface area contributed by atoms with Crippen LogP contribution in [0, 0.1) is 24.0 Å². The van der Waals surface area contributed by atoms with E-state index in [1.807, 2.05) is 100 Å². The van der Waals surface area contributed by atoms with E-state index in [1.165, 1.54) is 17.3 Å². The molecule has 6 heterocycles. The first-order valence-corrected chi connectivity index (χ1v) is 37.4. The molecule has 0 saturated carbocycles. The number of nitro benzene ring substituents is 1. The predicted molar refractivity (Wildman–Crippen MR) is 437 cm³/mol. The van der Waals surface area contributed by atoms with E-state index >= 15 is 0 Å². The number of esters is 3. The molecule has 0 radical (unpaired) electrons. The molecule has 9 aromatic rings. The minimum atomic E-state index is -0.459. The van der Waals surface area contributed by atoms with Gasteiger partial charge in [-0.3, -0.25) is 38.4 Å². The highest BCUT2D eigenvalue weighted by atomic mass is 35.5. The van der Waals surface area contributed by atoms with E-state index in [9.17, 15) is 29.3 Å². The number of para-hydroxylation sites is 10. The number of carbonyl (C=O) groups is 4. The number of nitrogens with two attached hydrogens (primary N) is 2.